The summed E-state index contributed by atoms with van der Waals surface area (Å²) in [4.78, 5) is 4.68. The summed E-state index contributed by atoms with van der Waals surface area (Å²) in [7, 11) is 0. The molecule has 0 aliphatic carbocycles. The topological polar surface area (TPSA) is 27.1 Å². The van der Waals surface area contributed by atoms with E-state index in [0.29, 0.717) is 11.9 Å². The lowest BCUT2D eigenvalue weighted by atomic mass is 9.93. The number of halogens is 2. The van der Waals surface area contributed by atoms with Gasteiger partial charge in [-0.3, -0.25) is 0 Å². The van der Waals surface area contributed by atoms with E-state index in [1.165, 1.54) is 0 Å². The third-order valence-corrected chi connectivity index (χ3v) is 4.61. The number of ether oxygens (including phenoxy) is 1. The molecule has 0 bridgehead atoms. The Morgan fingerprint density at radius 1 is 1.50 bits per heavy atom. The molecule has 1 aromatic heterocycles. The van der Waals surface area contributed by atoms with Crippen molar-refractivity contribution in [2.45, 2.75) is 44.2 Å². The second-order valence-corrected chi connectivity index (χ2v) is 7.10. The number of hydrogen-bond acceptors (Lipinski definition) is 2. The quantitative estimate of drug-likeness (QED) is 0.730. The van der Waals surface area contributed by atoms with Gasteiger partial charge in [0.2, 0.25) is 0 Å². The van der Waals surface area contributed by atoms with E-state index >= 15 is 0 Å². The zero-order valence-corrected chi connectivity index (χ0v) is 14.0. The number of benzene rings is 1. The molecule has 20 heavy (non-hydrogen) atoms. The summed E-state index contributed by atoms with van der Waals surface area (Å²) in [6.45, 7) is 5.08. The minimum absolute atomic E-state index is 0.0849. The molecule has 1 atom stereocenters. The lowest BCUT2D eigenvalue weighted by Crippen LogP contribution is -2.35. The van der Waals surface area contributed by atoms with Gasteiger partial charge in [0.25, 0.3) is 0 Å². The van der Waals surface area contributed by atoms with Crippen molar-refractivity contribution < 1.29 is 4.74 Å². The fraction of sp³-hybridized carbons (Fsp3) is 0.533. The van der Waals surface area contributed by atoms with Crippen LogP contribution in [0, 0.1) is 0 Å². The average Bonchev–Trinajstić information content (AvgIpc) is 2.74. The lowest BCUT2D eigenvalue weighted by Gasteiger charge is -2.36. The standard InChI is InChI=1S/C15H18BrClN2O/c1-15(2)8-11(5-6-20-15)19-13-4-3-10(16)7-12(13)18-14(19)9-17/h3-4,7,11H,5-6,8-9H2,1-2H3. The summed E-state index contributed by atoms with van der Waals surface area (Å²) in [6.07, 6.45) is 1.99. The van der Waals surface area contributed by atoms with Gasteiger partial charge < -0.3 is 9.30 Å². The fourth-order valence-corrected chi connectivity index (χ4v) is 3.58. The Kier molecular flexibility index (Phi) is 3.82. The van der Waals surface area contributed by atoms with Crippen molar-refractivity contribution in [1.82, 2.24) is 9.55 Å². The number of fused-ring (bicyclic) bond motifs is 1. The minimum Gasteiger partial charge on any atom is -0.375 e. The number of nitrogens with zero attached hydrogens (tertiary/aromatic N) is 2. The summed E-state index contributed by atoms with van der Waals surface area (Å²) in [6, 6.07) is 6.62. The lowest BCUT2D eigenvalue weighted by molar-refractivity contribution is -0.0687. The third kappa shape index (κ3) is 2.61. The molecule has 0 radical (unpaired) electrons. The monoisotopic (exact) mass is 356 g/mol. The van der Waals surface area contributed by atoms with Gasteiger partial charge in [0.05, 0.1) is 22.5 Å². The van der Waals surface area contributed by atoms with Gasteiger partial charge in [0.15, 0.2) is 0 Å². The molecule has 1 unspecified atom stereocenters. The van der Waals surface area contributed by atoms with Gasteiger partial charge in [0.1, 0.15) is 5.82 Å². The molecular weight excluding hydrogens is 340 g/mol. The fourth-order valence-electron chi connectivity index (χ4n) is 3.04. The Balaban J connectivity index is 2.09. The first-order valence-electron chi connectivity index (χ1n) is 6.86. The van der Waals surface area contributed by atoms with Gasteiger partial charge in [-0.2, -0.15) is 0 Å². The molecular formula is C15H18BrClN2O. The summed E-state index contributed by atoms with van der Waals surface area (Å²) in [5.41, 5.74) is 2.07. The van der Waals surface area contributed by atoms with Crippen LogP contribution in [0.4, 0.5) is 0 Å². The minimum atomic E-state index is -0.0849. The Morgan fingerprint density at radius 2 is 2.30 bits per heavy atom. The van der Waals surface area contributed by atoms with Crippen molar-refractivity contribution in [2.24, 2.45) is 0 Å². The van der Waals surface area contributed by atoms with E-state index in [4.69, 9.17) is 16.3 Å². The van der Waals surface area contributed by atoms with Crippen molar-refractivity contribution in [3.05, 3.63) is 28.5 Å². The smallest absolute Gasteiger partial charge is 0.125 e. The predicted molar refractivity (Wildman–Crippen MR) is 85.3 cm³/mol. The van der Waals surface area contributed by atoms with Crippen LogP contribution in [0.1, 0.15) is 38.6 Å². The van der Waals surface area contributed by atoms with Gasteiger partial charge in [-0.1, -0.05) is 15.9 Å². The molecule has 1 aliphatic rings. The van der Waals surface area contributed by atoms with Gasteiger partial charge in [0, 0.05) is 17.1 Å². The van der Waals surface area contributed by atoms with Gasteiger partial charge in [-0.25, -0.2) is 4.98 Å². The highest BCUT2D eigenvalue weighted by molar-refractivity contribution is 9.10. The Bertz CT molecular complexity index is 638. The van der Waals surface area contributed by atoms with E-state index in [1.54, 1.807) is 0 Å². The molecule has 1 aliphatic heterocycles. The number of hydrogen-bond donors (Lipinski definition) is 0. The van der Waals surface area contributed by atoms with E-state index in [0.717, 1.165) is 40.8 Å². The van der Waals surface area contributed by atoms with Gasteiger partial charge in [-0.05, 0) is 44.9 Å². The number of alkyl halides is 1. The molecule has 0 amide bonds. The van der Waals surface area contributed by atoms with Crippen LogP contribution in [-0.2, 0) is 10.6 Å². The van der Waals surface area contributed by atoms with Crippen LogP contribution < -0.4 is 0 Å². The van der Waals surface area contributed by atoms with Crippen LogP contribution >= 0.6 is 27.5 Å². The summed E-state index contributed by atoms with van der Waals surface area (Å²) in [5, 5.41) is 0. The molecule has 1 aromatic carbocycles. The highest BCUT2D eigenvalue weighted by atomic mass is 79.9. The summed E-state index contributed by atoms with van der Waals surface area (Å²) < 4.78 is 9.17. The Labute approximate surface area is 132 Å². The normalized spacial score (nSPS) is 22.3. The van der Waals surface area contributed by atoms with E-state index in [-0.39, 0.29) is 5.60 Å². The van der Waals surface area contributed by atoms with Crippen LogP contribution in [0.25, 0.3) is 11.0 Å². The molecule has 1 saturated heterocycles. The van der Waals surface area contributed by atoms with Crippen molar-refractivity contribution >= 4 is 38.6 Å². The highest BCUT2D eigenvalue weighted by Gasteiger charge is 2.31. The molecule has 0 N–H and O–H groups in total. The zero-order chi connectivity index (χ0) is 14.3. The Morgan fingerprint density at radius 3 is 3.00 bits per heavy atom. The van der Waals surface area contributed by atoms with E-state index < -0.39 is 0 Å². The van der Waals surface area contributed by atoms with E-state index in [2.05, 4.69) is 51.5 Å². The summed E-state index contributed by atoms with van der Waals surface area (Å²) in [5.74, 6) is 1.38. The molecule has 3 nitrogen and oxygen atoms in total. The molecule has 5 heteroatoms. The zero-order valence-electron chi connectivity index (χ0n) is 11.7. The number of rotatable bonds is 2. The van der Waals surface area contributed by atoms with Gasteiger partial charge >= 0.3 is 0 Å². The van der Waals surface area contributed by atoms with E-state index in [9.17, 15) is 0 Å². The number of aromatic nitrogens is 2. The van der Waals surface area contributed by atoms with Crippen LogP contribution in [-0.4, -0.2) is 21.8 Å². The predicted octanol–water partition coefficient (Wildman–Crippen LogP) is 4.67. The molecule has 0 saturated carbocycles. The van der Waals surface area contributed by atoms with Crippen molar-refractivity contribution in [2.75, 3.05) is 6.61 Å². The molecule has 1 fully saturated rings. The average molecular weight is 358 g/mol. The van der Waals surface area contributed by atoms with E-state index in [1.807, 2.05) is 6.07 Å². The van der Waals surface area contributed by atoms with Crippen LogP contribution in [0.2, 0.25) is 0 Å². The molecule has 0 spiro atoms. The highest BCUT2D eigenvalue weighted by Crippen LogP contribution is 2.35. The first kappa shape index (κ1) is 14.4. The maximum Gasteiger partial charge on any atom is 0.125 e. The molecule has 2 heterocycles. The summed E-state index contributed by atoms with van der Waals surface area (Å²) >= 11 is 9.61. The first-order chi connectivity index (χ1) is 9.50. The number of imidazole rings is 1. The molecule has 3 rings (SSSR count). The second kappa shape index (κ2) is 5.32. The molecule has 108 valence electrons. The van der Waals surface area contributed by atoms with Crippen LogP contribution in [0.3, 0.4) is 0 Å². The molecule has 2 aromatic rings. The maximum atomic E-state index is 6.11. The van der Waals surface area contributed by atoms with Crippen molar-refractivity contribution in [1.29, 1.82) is 0 Å². The second-order valence-electron chi connectivity index (χ2n) is 5.92. The Hall–Kier alpha value is -0.580. The van der Waals surface area contributed by atoms with Crippen LogP contribution in [0.5, 0.6) is 0 Å². The van der Waals surface area contributed by atoms with Crippen molar-refractivity contribution in [3.8, 4) is 0 Å². The maximum absolute atomic E-state index is 6.11. The largest absolute Gasteiger partial charge is 0.375 e. The van der Waals surface area contributed by atoms with Crippen molar-refractivity contribution in [3.63, 3.8) is 0 Å². The van der Waals surface area contributed by atoms with Gasteiger partial charge in [-0.15, -0.1) is 11.6 Å². The first-order valence-corrected chi connectivity index (χ1v) is 8.19. The van der Waals surface area contributed by atoms with Crippen LogP contribution in [0.15, 0.2) is 22.7 Å². The SMILES string of the molecule is CC1(C)CC(n2c(CCl)nc3cc(Br)ccc32)CCO1. The third-order valence-electron chi connectivity index (χ3n) is 3.88.